The average Bonchev–Trinajstić information content (AvgIpc) is 3.14. The molecule has 2 heteroatoms. The van der Waals surface area contributed by atoms with Gasteiger partial charge in [-0.2, -0.15) is 0 Å². The van der Waals surface area contributed by atoms with E-state index in [1.165, 1.54) is 18.4 Å². The Bertz CT molecular complexity index is 313. The Morgan fingerprint density at radius 2 is 1.94 bits per heavy atom. The Labute approximate surface area is 104 Å². The summed E-state index contributed by atoms with van der Waals surface area (Å²) in [6.45, 7) is 6.14. The van der Waals surface area contributed by atoms with Crippen molar-refractivity contribution in [2.45, 2.75) is 38.8 Å². The summed E-state index contributed by atoms with van der Waals surface area (Å²) in [7, 11) is 0. The minimum atomic E-state index is 0.194. The van der Waals surface area contributed by atoms with Crippen LogP contribution >= 0.6 is 0 Å². The zero-order chi connectivity index (χ0) is 12.1. The third-order valence-corrected chi connectivity index (χ3v) is 2.97. The monoisotopic (exact) mass is 233 g/mol. The summed E-state index contributed by atoms with van der Waals surface area (Å²) in [6, 6.07) is 11.3. The van der Waals surface area contributed by atoms with Gasteiger partial charge in [-0.1, -0.05) is 44.2 Å². The van der Waals surface area contributed by atoms with Crippen LogP contribution in [0, 0.1) is 5.92 Å². The molecule has 0 heterocycles. The van der Waals surface area contributed by atoms with Gasteiger partial charge in [0, 0.05) is 19.2 Å². The van der Waals surface area contributed by atoms with E-state index in [0.29, 0.717) is 5.92 Å². The van der Waals surface area contributed by atoms with Crippen LogP contribution in [0.5, 0.6) is 0 Å². The van der Waals surface area contributed by atoms with Crippen molar-refractivity contribution < 1.29 is 4.74 Å². The summed E-state index contributed by atoms with van der Waals surface area (Å²) >= 11 is 0. The van der Waals surface area contributed by atoms with Gasteiger partial charge in [-0.15, -0.1) is 0 Å². The number of rotatable bonds is 7. The molecule has 0 amide bonds. The Hall–Kier alpha value is -0.860. The van der Waals surface area contributed by atoms with Crippen LogP contribution in [0.15, 0.2) is 30.3 Å². The van der Waals surface area contributed by atoms with Gasteiger partial charge in [-0.25, -0.2) is 0 Å². The molecule has 94 valence electrons. The molecule has 0 spiro atoms. The van der Waals surface area contributed by atoms with E-state index in [9.17, 15) is 0 Å². The molecular weight excluding hydrogens is 210 g/mol. The van der Waals surface area contributed by atoms with Crippen molar-refractivity contribution in [3.63, 3.8) is 0 Å². The van der Waals surface area contributed by atoms with E-state index >= 15 is 0 Å². The lowest BCUT2D eigenvalue weighted by atomic mass is 10.1. The number of nitrogens with one attached hydrogen (secondary N) is 1. The number of hydrogen-bond donors (Lipinski definition) is 1. The van der Waals surface area contributed by atoms with Crippen LogP contribution in [0.4, 0.5) is 0 Å². The van der Waals surface area contributed by atoms with Crippen LogP contribution in [0.1, 0.15) is 38.4 Å². The molecule has 2 nitrogen and oxygen atoms in total. The SMILES string of the molecule is CC(C)COC(CNC1CC1)c1ccccc1. The summed E-state index contributed by atoms with van der Waals surface area (Å²) in [4.78, 5) is 0. The number of ether oxygens (including phenoxy) is 1. The molecule has 0 aromatic heterocycles. The molecule has 1 N–H and O–H groups in total. The van der Waals surface area contributed by atoms with E-state index in [4.69, 9.17) is 4.74 Å². The van der Waals surface area contributed by atoms with Gasteiger partial charge in [0.1, 0.15) is 0 Å². The lowest BCUT2D eigenvalue weighted by molar-refractivity contribution is 0.0349. The second kappa shape index (κ2) is 6.18. The van der Waals surface area contributed by atoms with Crippen LogP contribution < -0.4 is 5.32 Å². The first-order chi connectivity index (χ1) is 8.25. The highest BCUT2D eigenvalue weighted by Gasteiger charge is 2.22. The molecule has 1 fully saturated rings. The zero-order valence-corrected chi connectivity index (χ0v) is 10.9. The first-order valence-corrected chi connectivity index (χ1v) is 6.65. The fourth-order valence-electron chi connectivity index (χ4n) is 1.81. The molecule has 17 heavy (non-hydrogen) atoms. The first-order valence-electron chi connectivity index (χ1n) is 6.65. The highest BCUT2D eigenvalue weighted by Crippen LogP contribution is 2.22. The van der Waals surface area contributed by atoms with Gasteiger partial charge in [0.15, 0.2) is 0 Å². The summed E-state index contributed by atoms with van der Waals surface area (Å²) in [5.41, 5.74) is 1.28. The number of benzene rings is 1. The van der Waals surface area contributed by atoms with Crippen LogP contribution in [-0.4, -0.2) is 19.2 Å². The maximum absolute atomic E-state index is 6.01. The van der Waals surface area contributed by atoms with Crippen molar-refractivity contribution in [1.29, 1.82) is 0 Å². The minimum absolute atomic E-state index is 0.194. The van der Waals surface area contributed by atoms with E-state index in [2.05, 4.69) is 49.5 Å². The summed E-state index contributed by atoms with van der Waals surface area (Å²) in [6.07, 6.45) is 2.84. The zero-order valence-electron chi connectivity index (χ0n) is 10.9. The van der Waals surface area contributed by atoms with Gasteiger partial charge in [0.05, 0.1) is 6.10 Å². The lowest BCUT2D eigenvalue weighted by Crippen LogP contribution is -2.26. The van der Waals surface area contributed by atoms with Gasteiger partial charge < -0.3 is 10.1 Å². The smallest absolute Gasteiger partial charge is 0.0949 e. The van der Waals surface area contributed by atoms with E-state index < -0.39 is 0 Å². The van der Waals surface area contributed by atoms with Crippen LogP contribution in [0.25, 0.3) is 0 Å². The number of hydrogen-bond acceptors (Lipinski definition) is 2. The topological polar surface area (TPSA) is 21.3 Å². The van der Waals surface area contributed by atoms with Crippen molar-refractivity contribution >= 4 is 0 Å². The molecule has 1 saturated carbocycles. The fraction of sp³-hybridized carbons (Fsp3) is 0.600. The van der Waals surface area contributed by atoms with Crippen molar-refractivity contribution in [2.24, 2.45) is 5.92 Å². The Kier molecular flexibility index (Phi) is 4.57. The second-order valence-electron chi connectivity index (χ2n) is 5.31. The van der Waals surface area contributed by atoms with E-state index in [0.717, 1.165) is 19.2 Å². The largest absolute Gasteiger partial charge is 0.372 e. The summed E-state index contributed by atoms with van der Waals surface area (Å²) in [5.74, 6) is 0.585. The third kappa shape index (κ3) is 4.49. The van der Waals surface area contributed by atoms with Crippen molar-refractivity contribution in [3.8, 4) is 0 Å². The molecule has 0 saturated heterocycles. The fourth-order valence-corrected chi connectivity index (χ4v) is 1.81. The Morgan fingerprint density at radius 1 is 1.24 bits per heavy atom. The molecule has 0 bridgehead atoms. The standard InChI is InChI=1S/C15H23NO/c1-12(2)11-17-15(10-16-14-8-9-14)13-6-4-3-5-7-13/h3-7,12,14-16H,8-11H2,1-2H3. The van der Waals surface area contributed by atoms with Crippen molar-refractivity contribution in [3.05, 3.63) is 35.9 Å². The maximum atomic E-state index is 6.01. The van der Waals surface area contributed by atoms with Crippen LogP contribution in [0.2, 0.25) is 0 Å². The molecule has 0 radical (unpaired) electrons. The van der Waals surface area contributed by atoms with Crippen LogP contribution in [0.3, 0.4) is 0 Å². The van der Waals surface area contributed by atoms with E-state index in [-0.39, 0.29) is 6.10 Å². The maximum Gasteiger partial charge on any atom is 0.0949 e. The predicted molar refractivity (Wildman–Crippen MR) is 71.0 cm³/mol. The molecule has 1 aliphatic carbocycles. The van der Waals surface area contributed by atoms with Gasteiger partial charge in [-0.3, -0.25) is 0 Å². The minimum Gasteiger partial charge on any atom is -0.372 e. The van der Waals surface area contributed by atoms with E-state index in [1.807, 2.05) is 0 Å². The molecule has 1 aromatic carbocycles. The van der Waals surface area contributed by atoms with Gasteiger partial charge >= 0.3 is 0 Å². The highest BCUT2D eigenvalue weighted by molar-refractivity contribution is 5.18. The Balaban J connectivity index is 1.90. The molecule has 0 aliphatic heterocycles. The molecule has 1 aliphatic rings. The van der Waals surface area contributed by atoms with Gasteiger partial charge in [0.2, 0.25) is 0 Å². The molecule has 1 aromatic rings. The van der Waals surface area contributed by atoms with Crippen molar-refractivity contribution in [2.75, 3.05) is 13.2 Å². The normalized spacial score (nSPS) is 17.4. The molecule has 2 rings (SSSR count). The third-order valence-electron chi connectivity index (χ3n) is 2.97. The summed E-state index contributed by atoms with van der Waals surface area (Å²) in [5, 5.41) is 3.55. The second-order valence-corrected chi connectivity index (χ2v) is 5.31. The molecular formula is C15H23NO. The summed E-state index contributed by atoms with van der Waals surface area (Å²) < 4.78 is 6.01. The lowest BCUT2D eigenvalue weighted by Gasteiger charge is -2.20. The Morgan fingerprint density at radius 3 is 2.53 bits per heavy atom. The van der Waals surface area contributed by atoms with E-state index in [1.54, 1.807) is 0 Å². The predicted octanol–water partition coefficient (Wildman–Crippen LogP) is 3.15. The molecule has 1 atom stereocenters. The van der Waals surface area contributed by atoms with Gasteiger partial charge in [0.25, 0.3) is 0 Å². The first kappa shape index (κ1) is 12.6. The van der Waals surface area contributed by atoms with Gasteiger partial charge in [-0.05, 0) is 24.3 Å². The van der Waals surface area contributed by atoms with Crippen molar-refractivity contribution in [1.82, 2.24) is 5.32 Å². The highest BCUT2D eigenvalue weighted by atomic mass is 16.5. The quantitative estimate of drug-likeness (QED) is 0.781. The van der Waals surface area contributed by atoms with Crippen LogP contribution in [-0.2, 0) is 4.74 Å². The average molecular weight is 233 g/mol. The molecule has 1 unspecified atom stereocenters.